The molecule has 2 saturated carbocycles. The molecule has 1 aromatic carbocycles. The summed E-state index contributed by atoms with van der Waals surface area (Å²) in [6.07, 6.45) is 11.9. The average Bonchev–Trinajstić information content (AvgIpc) is 3.18. The number of amides is 2. The Morgan fingerprint density at radius 3 is 2.36 bits per heavy atom. The number of carbonyl (C=O) groups excluding carboxylic acids is 2. The number of nitrogens with zero attached hydrogens (tertiary/aromatic N) is 1. The van der Waals surface area contributed by atoms with E-state index in [0.29, 0.717) is 23.6 Å². The summed E-state index contributed by atoms with van der Waals surface area (Å²) in [5.41, 5.74) is 1.45. The molecule has 0 radical (unpaired) electrons. The second-order valence-corrected chi connectivity index (χ2v) is 8.88. The van der Waals surface area contributed by atoms with Crippen molar-refractivity contribution in [3.63, 3.8) is 0 Å². The Bertz CT molecular complexity index is 682. The van der Waals surface area contributed by atoms with Crippen LogP contribution in [-0.2, 0) is 4.79 Å². The maximum atomic E-state index is 12.8. The SMILES string of the molecule is CN(C(=O)c1ccc(NC(=O)C2CC3CCCCC3N2)cc1)C1CCCCC1. The van der Waals surface area contributed by atoms with E-state index in [-0.39, 0.29) is 17.9 Å². The quantitative estimate of drug-likeness (QED) is 0.828. The Hall–Kier alpha value is -1.88. The predicted octanol–water partition coefficient (Wildman–Crippen LogP) is 3.95. The molecule has 0 aromatic heterocycles. The van der Waals surface area contributed by atoms with Crippen LogP contribution in [0.5, 0.6) is 0 Å². The van der Waals surface area contributed by atoms with Crippen LogP contribution in [0.2, 0.25) is 0 Å². The Labute approximate surface area is 168 Å². The minimum absolute atomic E-state index is 0.0489. The van der Waals surface area contributed by atoms with Crippen LogP contribution < -0.4 is 10.6 Å². The van der Waals surface area contributed by atoms with Gasteiger partial charge in [-0.2, -0.15) is 0 Å². The van der Waals surface area contributed by atoms with E-state index >= 15 is 0 Å². The van der Waals surface area contributed by atoms with Gasteiger partial charge in [-0.05, 0) is 62.3 Å². The molecule has 4 rings (SSSR count). The van der Waals surface area contributed by atoms with Crippen molar-refractivity contribution in [2.45, 2.75) is 82.3 Å². The third kappa shape index (κ3) is 4.24. The monoisotopic (exact) mass is 383 g/mol. The van der Waals surface area contributed by atoms with Gasteiger partial charge < -0.3 is 15.5 Å². The zero-order valence-corrected chi connectivity index (χ0v) is 17.0. The standard InChI is InChI=1S/C23H33N3O2/c1-26(19-8-3-2-4-9-19)23(28)16-11-13-18(14-12-16)24-22(27)21-15-17-7-5-6-10-20(17)25-21/h11-14,17,19-21,25H,2-10,15H2,1H3,(H,24,27). The van der Waals surface area contributed by atoms with Crippen molar-refractivity contribution >= 4 is 17.5 Å². The third-order valence-corrected chi connectivity index (χ3v) is 7.02. The van der Waals surface area contributed by atoms with Gasteiger partial charge in [0, 0.05) is 30.4 Å². The molecule has 5 nitrogen and oxygen atoms in total. The number of hydrogen-bond donors (Lipinski definition) is 2. The predicted molar refractivity (Wildman–Crippen MR) is 111 cm³/mol. The Morgan fingerprint density at radius 1 is 0.964 bits per heavy atom. The molecular formula is C23H33N3O2. The highest BCUT2D eigenvalue weighted by atomic mass is 16.2. The summed E-state index contributed by atoms with van der Waals surface area (Å²) in [5, 5.41) is 6.55. The summed E-state index contributed by atoms with van der Waals surface area (Å²) < 4.78 is 0. The number of anilines is 1. The highest BCUT2D eigenvalue weighted by molar-refractivity contribution is 5.97. The molecule has 0 spiro atoms. The fraction of sp³-hybridized carbons (Fsp3) is 0.652. The summed E-state index contributed by atoms with van der Waals surface area (Å²) in [6, 6.07) is 8.14. The zero-order chi connectivity index (χ0) is 19.5. The lowest BCUT2D eigenvalue weighted by Gasteiger charge is -2.31. The molecule has 1 aromatic rings. The molecule has 3 aliphatic rings. The van der Waals surface area contributed by atoms with E-state index in [2.05, 4.69) is 10.6 Å². The molecule has 3 fully saturated rings. The van der Waals surface area contributed by atoms with Crippen LogP contribution in [0.15, 0.2) is 24.3 Å². The maximum Gasteiger partial charge on any atom is 0.253 e. The molecule has 2 N–H and O–H groups in total. The minimum atomic E-state index is -0.0909. The molecule has 3 atom stereocenters. The summed E-state index contributed by atoms with van der Waals surface area (Å²) in [7, 11) is 1.92. The van der Waals surface area contributed by atoms with E-state index in [1.807, 2.05) is 36.2 Å². The van der Waals surface area contributed by atoms with Crippen LogP contribution in [0.1, 0.15) is 74.6 Å². The number of fused-ring (bicyclic) bond motifs is 1. The molecule has 1 aliphatic heterocycles. The number of nitrogens with one attached hydrogen (secondary N) is 2. The van der Waals surface area contributed by atoms with Gasteiger partial charge in [0.1, 0.15) is 0 Å². The first-order valence-electron chi connectivity index (χ1n) is 11.1. The van der Waals surface area contributed by atoms with Crippen molar-refractivity contribution in [3.8, 4) is 0 Å². The van der Waals surface area contributed by atoms with Gasteiger partial charge >= 0.3 is 0 Å². The second-order valence-electron chi connectivity index (χ2n) is 8.88. The Morgan fingerprint density at radius 2 is 1.64 bits per heavy atom. The van der Waals surface area contributed by atoms with Crippen LogP contribution in [-0.4, -0.2) is 41.9 Å². The van der Waals surface area contributed by atoms with Gasteiger partial charge in [-0.1, -0.05) is 32.1 Å². The Kier molecular flexibility index (Phi) is 6.00. The van der Waals surface area contributed by atoms with E-state index in [1.54, 1.807) is 0 Å². The average molecular weight is 384 g/mol. The summed E-state index contributed by atoms with van der Waals surface area (Å²) in [5.74, 6) is 0.777. The van der Waals surface area contributed by atoms with Crippen molar-refractivity contribution < 1.29 is 9.59 Å². The molecule has 0 bridgehead atoms. The number of benzene rings is 1. The molecular weight excluding hydrogens is 350 g/mol. The highest BCUT2D eigenvalue weighted by Crippen LogP contribution is 2.33. The first-order valence-corrected chi connectivity index (χ1v) is 11.1. The fourth-order valence-corrected chi connectivity index (χ4v) is 5.28. The van der Waals surface area contributed by atoms with Gasteiger partial charge in [0.2, 0.25) is 5.91 Å². The largest absolute Gasteiger partial charge is 0.339 e. The molecule has 28 heavy (non-hydrogen) atoms. The van der Waals surface area contributed by atoms with Crippen LogP contribution in [0, 0.1) is 5.92 Å². The molecule has 5 heteroatoms. The van der Waals surface area contributed by atoms with Gasteiger partial charge in [-0.15, -0.1) is 0 Å². The lowest BCUT2D eigenvalue weighted by Crippen LogP contribution is -2.40. The Balaban J connectivity index is 1.33. The van der Waals surface area contributed by atoms with E-state index in [9.17, 15) is 9.59 Å². The van der Waals surface area contributed by atoms with E-state index < -0.39 is 0 Å². The number of hydrogen-bond acceptors (Lipinski definition) is 3. The van der Waals surface area contributed by atoms with Gasteiger partial charge in [0.25, 0.3) is 5.91 Å². The van der Waals surface area contributed by atoms with Crippen molar-refractivity contribution in [1.82, 2.24) is 10.2 Å². The lowest BCUT2D eigenvalue weighted by molar-refractivity contribution is -0.117. The first-order chi connectivity index (χ1) is 13.6. The number of rotatable bonds is 4. The zero-order valence-electron chi connectivity index (χ0n) is 17.0. The van der Waals surface area contributed by atoms with Crippen molar-refractivity contribution in [3.05, 3.63) is 29.8 Å². The second kappa shape index (κ2) is 8.64. The number of carbonyl (C=O) groups is 2. The summed E-state index contributed by atoms with van der Waals surface area (Å²) in [4.78, 5) is 27.3. The van der Waals surface area contributed by atoms with Crippen molar-refractivity contribution in [1.29, 1.82) is 0 Å². The lowest BCUT2D eigenvalue weighted by atomic mass is 9.85. The van der Waals surface area contributed by atoms with Crippen LogP contribution in [0.25, 0.3) is 0 Å². The molecule has 1 saturated heterocycles. The summed E-state index contributed by atoms with van der Waals surface area (Å²) in [6.45, 7) is 0. The molecule has 2 amide bonds. The smallest absolute Gasteiger partial charge is 0.253 e. The van der Waals surface area contributed by atoms with Crippen LogP contribution in [0.3, 0.4) is 0 Å². The van der Waals surface area contributed by atoms with Gasteiger partial charge in [0.05, 0.1) is 6.04 Å². The van der Waals surface area contributed by atoms with Crippen LogP contribution >= 0.6 is 0 Å². The van der Waals surface area contributed by atoms with Crippen molar-refractivity contribution in [2.75, 3.05) is 12.4 Å². The van der Waals surface area contributed by atoms with E-state index in [4.69, 9.17) is 0 Å². The minimum Gasteiger partial charge on any atom is -0.339 e. The summed E-state index contributed by atoms with van der Waals surface area (Å²) >= 11 is 0. The van der Waals surface area contributed by atoms with Crippen molar-refractivity contribution in [2.24, 2.45) is 5.92 Å². The topological polar surface area (TPSA) is 61.4 Å². The maximum absolute atomic E-state index is 12.8. The highest BCUT2D eigenvalue weighted by Gasteiger charge is 2.38. The van der Waals surface area contributed by atoms with Gasteiger partial charge in [0.15, 0.2) is 0 Å². The van der Waals surface area contributed by atoms with Gasteiger partial charge in [-0.25, -0.2) is 0 Å². The normalized spacial score (nSPS) is 27.8. The fourth-order valence-electron chi connectivity index (χ4n) is 5.28. The third-order valence-electron chi connectivity index (χ3n) is 7.02. The molecule has 3 unspecified atom stereocenters. The first kappa shape index (κ1) is 19.4. The van der Waals surface area contributed by atoms with Gasteiger partial charge in [-0.3, -0.25) is 9.59 Å². The molecule has 1 heterocycles. The molecule has 2 aliphatic carbocycles. The molecule has 152 valence electrons. The van der Waals surface area contributed by atoms with Crippen LogP contribution in [0.4, 0.5) is 5.69 Å². The van der Waals surface area contributed by atoms with E-state index in [1.165, 1.54) is 44.9 Å². The van der Waals surface area contributed by atoms with E-state index in [0.717, 1.165) is 24.9 Å².